The molecule has 0 aliphatic carbocycles. The number of anilines is 2. The van der Waals surface area contributed by atoms with Crippen LogP contribution in [0, 0.1) is 28.5 Å². The average molecular weight is 456 g/mol. The molecule has 4 rings (SSSR count). The zero-order valence-electron chi connectivity index (χ0n) is 18.2. The fourth-order valence-corrected chi connectivity index (χ4v) is 3.91. The number of rotatable bonds is 6. The van der Waals surface area contributed by atoms with Crippen molar-refractivity contribution in [3.63, 3.8) is 0 Å². The van der Waals surface area contributed by atoms with Crippen LogP contribution < -0.4 is 11.1 Å². The van der Waals surface area contributed by atoms with E-state index in [0.29, 0.717) is 31.9 Å². The molecular formula is C22H25FN6O4. The maximum absolute atomic E-state index is 13.2. The number of hydrogen-bond acceptors (Lipinski definition) is 7. The van der Waals surface area contributed by atoms with Gasteiger partial charge in [0.15, 0.2) is 5.82 Å². The minimum Gasteiger partial charge on any atom is -0.449 e. The van der Waals surface area contributed by atoms with Crippen molar-refractivity contribution < 1.29 is 23.5 Å². The van der Waals surface area contributed by atoms with Crippen molar-refractivity contribution in [3.05, 3.63) is 41.8 Å². The van der Waals surface area contributed by atoms with Crippen molar-refractivity contribution in [3.8, 4) is 6.07 Å². The molecule has 2 amide bonds. The lowest BCUT2D eigenvalue weighted by Gasteiger charge is -2.39. The summed E-state index contributed by atoms with van der Waals surface area (Å²) in [7, 11) is 0. The van der Waals surface area contributed by atoms with E-state index >= 15 is 0 Å². The van der Waals surface area contributed by atoms with Gasteiger partial charge < -0.3 is 25.4 Å². The number of nitriles is 1. The molecule has 0 spiro atoms. The number of halogens is 1. The molecule has 1 aromatic heterocycles. The highest BCUT2D eigenvalue weighted by molar-refractivity contribution is 5.98. The molecule has 10 nitrogen and oxygen atoms in total. The third kappa shape index (κ3) is 4.90. The number of nitrogens with zero attached hydrogens (tertiary/aromatic N) is 4. The molecule has 2 saturated heterocycles. The topological polar surface area (TPSA) is 136 Å². The lowest BCUT2D eigenvalue weighted by Crippen LogP contribution is -2.48. The highest BCUT2D eigenvalue weighted by atomic mass is 19.1. The van der Waals surface area contributed by atoms with Crippen LogP contribution in [0.2, 0.25) is 0 Å². The maximum Gasteiger partial charge on any atom is 0.409 e. The largest absolute Gasteiger partial charge is 0.449 e. The number of aromatic nitrogens is 2. The van der Waals surface area contributed by atoms with Crippen molar-refractivity contribution in [2.75, 3.05) is 38.2 Å². The number of piperidine rings is 1. The molecular weight excluding hydrogens is 431 g/mol. The summed E-state index contributed by atoms with van der Waals surface area (Å²) in [4.78, 5) is 26.0. The second-order valence-electron chi connectivity index (χ2n) is 8.76. The summed E-state index contributed by atoms with van der Waals surface area (Å²) in [6, 6.07) is 7.46. The first-order valence-corrected chi connectivity index (χ1v) is 10.6. The Morgan fingerprint density at radius 1 is 1.39 bits per heavy atom. The SMILES string of the molecule is CC1(COC(=O)N2CC[C@H](n3cc(C(N)=O)c(Nc4ccc(F)cc4)n3)[C@@H](C#N)C2)COC1. The Kier molecular flexibility index (Phi) is 6.20. The van der Waals surface area contributed by atoms with Gasteiger partial charge >= 0.3 is 6.09 Å². The lowest BCUT2D eigenvalue weighted by atomic mass is 9.90. The number of nitrogens with one attached hydrogen (secondary N) is 1. The molecule has 0 unspecified atom stereocenters. The Bertz CT molecular complexity index is 1080. The van der Waals surface area contributed by atoms with Gasteiger partial charge in [-0.1, -0.05) is 6.92 Å². The van der Waals surface area contributed by atoms with Gasteiger partial charge in [0.25, 0.3) is 5.91 Å². The number of carbonyl (C=O) groups is 2. The summed E-state index contributed by atoms with van der Waals surface area (Å²) in [6.45, 7) is 3.92. The van der Waals surface area contributed by atoms with E-state index in [9.17, 15) is 19.2 Å². The van der Waals surface area contributed by atoms with Crippen LogP contribution in [0.1, 0.15) is 29.7 Å². The molecule has 2 aromatic rings. The number of likely N-dealkylation sites (tertiary alicyclic amines) is 1. The van der Waals surface area contributed by atoms with Crippen LogP contribution in [0.25, 0.3) is 0 Å². The summed E-state index contributed by atoms with van der Waals surface area (Å²) in [6.07, 6.45) is 1.48. The van der Waals surface area contributed by atoms with Gasteiger partial charge in [0.05, 0.1) is 31.2 Å². The van der Waals surface area contributed by atoms with Crippen LogP contribution in [-0.2, 0) is 9.47 Å². The third-order valence-corrected chi connectivity index (χ3v) is 5.89. The van der Waals surface area contributed by atoms with Gasteiger partial charge in [-0.15, -0.1) is 0 Å². The quantitative estimate of drug-likeness (QED) is 0.681. The normalized spacial score (nSPS) is 21.5. The van der Waals surface area contributed by atoms with E-state index in [-0.39, 0.29) is 36.0 Å². The van der Waals surface area contributed by atoms with Crippen LogP contribution >= 0.6 is 0 Å². The van der Waals surface area contributed by atoms with Gasteiger partial charge in [-0.2, -0.15) is 10.4 Å². The predicted octanol–water partition coefficient (Wildman–Crippen LogP) is 2.42. The standard InChI is InChI=1S/C22H25FN6O4/c1-22(11-32-12-22)13-33-21(31)28-7-6-18(14(8-24)9-28)29-10-17(19(25)30)20(27-29)26-16-4-2-15(23)3-5-16/h2-5,10,14,18H,6-7,9,11-13H2,1H3,(H2,25,30)(H,26,27)/t14-,18-/m0/s1. The predicted molar refractivity (Wildman–Crippen MR) is 115 cm³/mol. The highest BCUT2D eigenvalue weighted by Crippen LogP contribution is 2.31. The number of hydrogen-bond donors (Lipinski definition) is 2. The van der Waals surface area contributed by atoms with Crippen molar-refractivity contribution in [2.45, 2.75) is 19.4 Å². The fourth-order valence-electron chi connectivity index (χ4n) is 3.91. The molecule has 2 aliphatic rings. The first-order chi connectivity index (χ1) is 15.8. The number of amides is 2. The summed E-state index contributed by atoms with van der Waals surface area (Å²) < 4.78 is 25.3. The van der Waals surface area contributed by atoms with Crippen LogP contribution in [-0.4, -0.2) is 59.6 Å². The van der Waals surface area contributed by atoms with Crippen LogP contribution in [0.4, 0.5) is 20.7 Å². The molecule has 3 N–H and O–H groups in total. The molecule has 0 bridgehead atoms. The van der Waals surface area contributed by atoms with Crippen LogP contribution in [0.15, 0.2) is 30.5 Å². The molecule has 0 radical (unpaired) electrons. The monoisotopic (exact) mass is 456 g/mol. The molecule has 3 heterocycles. The summed E-state index contributed by atoms with van der Waals surface area (Å²) in [5, 5.41) is 17.2. The molecule has 174 valence electrons. The fraction of sp³-hybridized carbons (Fsp3) is 0.455. The lowest BCUT2D eigenvalue weighted by molar-refractivity contribution is -0.128. The van der Waals surface area contributed by atoms with Crippen molar-refractivity contribution in [1.29, 1.82) is 5.26 Å². The van der Waals surface area contributed by atoms with E-state index < -0.39 is 23.7 Å². The molecule has 33 heavy (non-hydrogen) atoms. The smallest absolute Gasteiger partial charge is 0.409 e. The number of primary amides is 1. The Hall–Kier alpha value is -3.65. The van der Waals surface area contributed by atoms with E-state index in [4.69, 9.17) is 15.2 Å². The molecule has 11 heteroatoms. The summed E-state index contributed by atoms with van der Waals surface area (Å²) in [5.41, 5.74) is 6.04. The van der Waals surface area contributed by atoms with E-state index in [1.54, 1.807) is 0 Å². The number of benzene rings is 1. The van der Waals surface area contributed by atoms with E-state index in [1.165, 1.54) is 40.0 Å². The number of carbonyl (C=O) groups excluding carboxylic acids is 2. The Morgan fingerprint density at radius 2 is 2.12 bits per heavy atom. The molecule has 0 saturated carbocycles. The van der Waals surface area contributed by atoms with E-state index in [2.05, 4.69) is 16.5 Å². The minimum atomic E-state index is -0.686. The zero-order chi connectivity index (χ0) is 23.6. The van der Waals surface area contributed by atoms with Crippen molar-refractivity contribution in [1.82, 2.24) is 14.7 Å². The third-order valence-electron chi connectivity index (χ3n) is 5.89. The molecule has 2 aliphatic heterocycles. The summed E-state index contributed by atoms with van der Waals surface area (Å²) in [5.74, 6) is -1.43. The molecule has 2 atom stereocenters. The number of ether oxygens (including phenoxy) is 2. The Labute approximate surface area is 190 Å². The highest BCUT2D eigenvalue weighted by Gasteiger charge is 2.38. The average Bonchev–Trinajstić information content (AvgIpc) is 3.21. The van der Waals surface area contributed by atoms with Gasteiger partial charge in [0, 0.05) is 30.4 Å². The van der Waals surface area contributed by atoms with Crippen LogP contribution in [0.3, 0.4) is 0 Å². The first-order valence-electron chi connectivity index (χ1n) is 10.6. The van der Waals surface area contributed by atoms with Gasteiger partial charge in [0.2, 0.25) is 0 Å². The summed E-state index contributed by atoms with van der Waals surface area (Å²) >= 11 is 0. The molecule has 2 fully saturated rings. The Morgan fingerprint density at radius 3 is 2.73 bits per heavy atom. The van der Waals surface area contributed by atoms with Crippen LogP contribution in [0.5, 0.6) is 0 Å². The minimum absolute atomic E-state index is 0.147. The number of nitrogens with two attached hydrogens (primary N) is 1. The van der Waals surface area contributed by atoms with Crippen molar-refractivity contribution >= 4 is 23.5 Å². The van der Waals surface area contributed by atoms with Crippen molar-refractivity contribution in [2.24, 2.45) is 17.1 Å². The molecule has 1 aromatic carbocycles. The Balaban J connectivity index is 1.46. The zero-order valence-corrected chi connectivity index (χ0v) is 18.2. The van der Waals surface area contributed by atoms with Gasteiger partial charge in [0.1, 0.15) is 18.0 Å². The van der Waals surface area contributed by atoms with Gasteiger partial charge in [-0.05, 0) is 30.7 Å². The van der Waals surface area contributed by atoms with E-state index in [0.717, 1.165) is 0 Å². The first kappa shape index (κ1) is 22.5. The second kappa shape index (κ2) is 9.07. The second-order valence-corrected chi connectivity index (χ2v) is 8.76. The van der Waals surface area contributed by atoms with Gasteiger partial charge in [-0.25, -0.2) is 9.18 Å². The maximum atomic E-state index is 13.2. The van der Waals surface area contributed by atoms with E-state index in [1.807, 2.05) is 6.92 Å². The van der Waals surface area contributed by atoms with Gasteiger partial charge in [-0.3, -0.25) is 9.48 Å².